The number of hydrogen-bond donors (Lipinski definition) is 4. The summed E-state index contributed by atoms with van der Waals surface area (Å²) in [6, 6.07) is 7.28. The summed E-state index contributed by atoms with van der Waals surface area (Å²) in [6.45, 7) is 6.50. The monoisotopic (exact) mass is 569 g/mol. The van der Waals surface area contributed by atoms with Crippen LogP contribution in [0, 0.1) is 0 Å². The number of para-hydroxylation sites is 1. The van der Waals surface area contributed by atoms with E-state index < -0.39 is 67.5 Å². The van der Waals surface area contributed by atoms with E-state index >= 15 is 4.39 Å². The number of carbonyl (C=O) groups excluding carboxylic acids is 1. The zero-order valence-corrected chi connectivity index (χ0v) is 22.2. The normalized spacial score (nSPS) is 26.8. The van der Waals surface area contributed by atoms with Crippen molar-refractivity contribution in [2.45, 2.75) is 56.7 Å². The number of nitrogens with one attached hydrogen (secondary N) is 2. The number of aromatic amines is 1. The Bertz CT molecular complexity index is 1390. The van der Waals surface area contributed by atoms with Gasteiger partial charge in [0.15, 0.2) is 17.9 Å². The van der Waals surface area contributed by atoms with Crippen LogP contribution in [0.3, 0.4) is 0 Å². The summed E-state index contributed by atoms with van der Waals surface area (Å²) in [5.41, 5.74) is -2.30. The molecular weight excluding hydrogens is 540 g/mol. The van der Waals surface area contributed by atoms with Crippen molar-refractivity contribution >= 4 is 13.7 Å². The van der Waals surface area contributed by atoms with Gasteiger partial charge in [0.1, 0.15) is 18.4 Å². The van der Waals surface area contributed by atoms with Gasteiger partial charge in [0.05, 0.1) is 6.10 Å². The van der Waals surface area contributed by atoms with E-state index in [0.717, 1.165) is 18.3 Å². The molecule has 13 nitrogen and oxygen atoms in total. The van der Waals surface area contributed by atoms with Gasteiger partial charge in [0.25, 0.3) is 11.4 Å². The molecule has 6 atom stereocenters. The average molecular weight is 569 g/mol. The van der Waals surface area contributed by atoms with Gasteiger partial charge in [-0.05, 0) is 39.0 Å². The second-order valence-corrected chi connectivity index (χ2v) is 10.6. The molecule has 1 aromatic heterocycles. The molecular formula is C24H29FN3O10P. The lowest BCUT2D eigenvalue weighted by Crippen LogP contribution is -2.51. The van der Waals surface area contributed by atoms with Gasteiger partial charge in [-0.3, -0.25) is 23.7 Å². The molecule has 15 heteroatoms. The molecule has 0 saturated carbocycles. The van der Waals surface area contributed by atoms with Gasteiger partial charge in [0.2, 0.25) is 0 Å². The molecule has 0 aliphatic carbocycles. The maximum atomic E-state index is 16.1. The first-order chi connectivity index (χ1) is 18.2. The molecule has 39 heavy (non-hydrogen) atoms. The molecule has 0 spiro atoms. The van der Waals surface area contributed by atoms with Crippen molar-refractivity contribution in [3.05, 3.63) is 81.8 Å². The van der Waals surface area contributed by atoms with Gasteiger partial charge in [-0.25, -0.2) is 13.8 Å². The van der Waals surface area contributed by atoms with Crippen molar-refractivity contribution in [1.82, 2.24) is 14.6 Å². The summed E-state index contributed by atoms with van der Waals surface area (Å²) < 4.78 is 51.4. The lowest BCUT2D eigenvalue weighted by atomic mass is 9.93. The van der Waals surface area contributed by atoms with Crippen LogP contribution in [0.15, 0.2) is 70.6 Å². The molecule has 0 radical (unpaired) electrons. The zero-order valence-electron chi connectivity index (χ0n) is 21.3. The molecule has 0 bridgehead atoms. The number of benzene rings is 1. The Hall–Kier alpha value is -3.35. The molecule has 1 aliphatic rings. The van der Waals surface area contributed by atoms with Gasteiger partial charge in [-0.1, -0.05) is 24.8 Å². The fourth-order valence-electron chi connectivity index (χ4n) is 3.65. The fourth-order valence-corrected chi connectivity index (χ4v) is 5.16. The number of esters is 1. The number of hydrogen-bond acceptors (Lipinski definition) is 10. The summed E-state index contributed by atoms with van der Waals surface area (Å²) in [6.07, 6.45) is -3.19. The Labute approximate surface area is 222 Å². The van der Waals surface area contributed by atoms with E-state index in [-0.39, 0.29) is 5.75 Å². The Morgan fingerprint density at radius 1 is 1.33 bits per heavy atom. The molecule has 4 N–H and O–H groups in total. The third-order valence-corrected chi connectivity index (χ3v) is 7.07. The molecule has 1 aromatic carbocycles. The van der Waals surface area contributed by atoms with Crippen LogP contribution in [0.4, 0.5) is 4.39 Å². The second kappa shape index (κ2) is 11.8. The molecule has 212 valence electrons. The first kappa shape index (κ1) is 30.2. The third-order valence-electron chi connectivity index (χ3n) is 5.44. The molecule has 3 unspecified atom stereocenters. The fraction of sp³-hybridized carbons (Fsp3) is 0.417. The first-order valence-corrected chi connectivity index (χ1v) is 13.2. The van der Waals surface area contributed by atoms with E-state index in [1.165, 1.54) is 19.1 Å². The number of aliphatic hydroxyl groups excluding tert-OH is 1. The molecule has 1 aliphatic heterocycles. The van der Waals surface area contributed by atoms with E-state index in [2.05, 4.69) is 17.4 Å². The van der Waals surface area contributed by atoms with Crippen molar-refractivity contribution in [1.29, 1.82) is 0 Å². The summed E-state index contributed by atoms with van der Waals surface area (Å²) in [5.74, 6) is -4.08. The number of rotatable bonds is 11. The van der Waals surface area contributed by atoms with Crippen LogP contribution in [-0.2, 0) is 23.4 Å². The number of aromatic nitrogens is 2. The van der Waals surface area contributed by atoms with Gasteiger partial charge in [0, 0.05) is 12.3 Å². The largest absolute Gasteiger partial charge is 0.462 e. The number of nitrogens with zero attached hydrogens (tertiary/aromatic N) is 1. The van der Waals surface area contributed by atoms with Crippen LogP contribution in [-0.4, -0.2) is 62.0 Å². The summed E-state index contributed by atoms with van der Waals surface area (Å²) in [7, 11) is -4.60. The number of alkyl halides is 1. The molecule has 0 amide bonds. The van der Waals surface area contributed by atoms with E-state index in [1.807, 2.05) is 4.98 Å². The number of aliphatic hydroxyl groups is 2. The molecule has 2 aromatic rings. The average Bonchev–Trinajstić information content (AvgIpc) is 3.05. The lowest BCUT2D eigenvalue weighted by Gasteiger charge is -2.29. The highest BCUT2D eigenvalue weighted by molar-refractivity contribution is 7.52. The van der Waals surface area contributed by atoms with Crippen LogP contribution in [0.1, 0.15) is 27.0 Å². The topological polar surface area (TPSA) is 178 Å². The van der Waals surface area contributed by atoms with Gasteiger partial charge in [-0.15, -0.1) is 5.73 Å². The summed E-state index contributed by atoms with van der Waals surface area (Å²) in [4.78, 5) is 38.0. The highest BCUT2D eigenvalue weighted by Gasteiger charge is 2.65. The number of H-pyrrole nitrogens is 1. The second-order valence-electron chi connectivity index (χ2n) is 8.92. The minimum Gasteiger partial charge on any atom is -0.462 e. The number of halogens is 1. The smallest absolute Gasteiger partial charge is 0.459 e. The SMILES string of the molecule is C=C=C[C@]1(O)C(n2ccc(=O)[nH]c2=O)O[C@](F)(COP(=O)(NC(C)C(=O)OC(C)C)Oc2ccccc2)[C@H]1O. The van der Waals surface area contributed by atoms with Gasteiger partial charge in [-0.2, -0.15) is 5.09 Å². The van der Waals surface area contributed by atoms with Crippen LogP contribution in [0.5, 0.6) is 5.75 Å². The maximum Gasteiger partial charge on any atom is 0.459 e. The summed E-state index contributed by atoms with van der Waals surface area (Å²) in [5, 5.41) is 24.3. The Kier molecular flexibility index (Phi) is 9.14. The predicted octanol–water partition coefficient (Wildman–Crippen LogP) is 1.30. The zero-order chi connectivity index (χ0) is 29.0. The van der Waals surface area contributed by atoms with Crippen molar-refractivity contribution in [2.24, 2.45) is 0 Å². The minimum atomic E-state index is -4.60. The number of ether oxygens (including phenoxy) is 2. The van der Waals surface area contributed by atoms with Crippen molar-refractivity contribution in [2.75, 3.05) is 6.61 Å². The molecule has 3 rings (SSSR count). The lowest BCUT2D eigenvalue weighted by molar-refractivity contribution is -0.204. The summed E-state index contributed by atoms with van der Waals surface area (Å²) >= 11 is 0. The van der Waals surface area contributed by atoms with E-state index in [0.29, 0.717) is 4.57 Å². The van der Waals surface area contributed by atoms with Crippen LogP contribution < -0.4 is 20.9 Å². The van der Waals surface area contributed by atoms with Crippen LogP contribution in [0.25, 0.3) is 0 Å². The first-order valence-electron chi connectivity index (χ1n) is 11.7. The highest BCUT2D eigenvalue weighted by Crippen LogP contribution is 2.50. The standard InChI is InChI=1S/C24H29FN3O10P/c1-5-12-23(33)20(31)24(25,37-21(23)28-13-11-18(29)26-22(28)32)14-35-39(34,38-17-9-7-6-8-10-17)27-16(4)19(30)36-15(2)3/h6-13,15-16,20-21,31,33H,1,14H2,2-4H3,(H,27,34)(H,26,29,32)/t16?,20-,21?,23+,24+,39?/m0/s1. The molecule has 2 heterocycles. The van der Waals surface area contributed by atoms with E-state index in [4.69, 9.17) is 18.5 Å². The van der Waals surface area contributed by atoms with E-state index in [1.54, 1.807) is 32.0 Å². The highest BCUT2D eigenvalue weighted by atomic mass is 31.2. The quantitative estimate of drug-likeness (QED) is 0.174. The van der Waals surface area contributed by atoms with Gasteiger partial charge < -0.3 is 24.2 Å². The van der Waals surface area contributed by atoms with Crippen molar-refractivity contribution < 1.29 is 42.5 Å². The van der Waals surface area contributed by atoms with Crippen LogP contribution in [0.2, 0.25) is 0 Å². The maximum absolute atomic E-state index is 16.1. The molecule has 1 saturated heterocycles. The molecule has 1 fully saturated rings. The van der Waals surface area contributed by atoms with Crippen molar-refractivity contribution in [3.8, 4) is 5.75 Å². The Morgan fingerprint density at radius 2 is 2.00 bits per heavy atom. The predicted molar refractivity (Wildman–Crippen MR) is 134 cm³/mol. The Balaban J connectivity index is 1.93. The minimum absolute atomic E-state index is 0.0299. The van der Waals surface area contributed by atoms with Crippen molar-refractivity contribution in [3.63, 3.8) is 0 Å². The Morgan fingerprint density at radius 3 is 2.59 bits per heavy atom. The third kappa shape index (κ3) is 6.81. The van der Waals surface area contributed by atoms with E-state index in [9.17, 15) is 29.2 Å². The van der Waals surface area contributed by atoms with Crippen LogP contribution >= 0.6 is 7.75 Å². The number of carbonyl (C=O) groups is 1. The van der Waals surface area contributed by atoms with Gasteiger partial charge >= 0.3 is 19.4 Å².